The number of para-hydroxylation sites is 1. The topological polar surface area (TPSA) is 54.0 Å². The molecule has 4 nitrogen and oxygen atoms in total. The molecule has 3 rings (SSSR count). The Morgan fingerprint density at radius 3 is 2.45 bits per heavy atom. The van der Waals surface area contributed by atoms with Crippen LogP contribution in [0.25, 0.3) is 10.2 Å². The number of rotatable bonds is 3. The van der Waals surface area contributed by atoms with E-state index in [-0.39, 0.29) is 5.91 Å². The molecule has 0 spiro atoms. The maximum Gasteiger partial charge on any atom is 0.221 e. The first-order chi connectivity index (χ1) is 9.70. The first-order valence-corrected chi connectivity index (χ1v) is 7.02. The summed E-state index contributed by atoms with van der Waals surface area (Å²) in [6.07, 6.45) is 0. The lowest BCUT2D eigenvalue weighted by Gasteiger charge is -2.05. The predicted octanol–water partition coefficient (Wildman–Crippen LogP) is 4.00. The third kappa shape index (κ3) is 2.78. The molecule has 100 valence electrons. The number of aromatic nitrogens is 1. The molecule has 0 aliphatic carbocycles. The second-order valence-electron chi connectivity index (χ2n) is 4.37. The van der Waals surface area contributed by atoms with Crippen LogP contribution < -0.4 is 10.6 Å². The molecule has 0 unspecified atom stereocenters. The van der Waals surface area contributed by atoms with Gasteiger partial charge < -0.3 is 10.6 Å². The van der Waals surface area contributed by atoms with Crippen molar-refractivity contribution in [2.24, 2.45) is 0 Å². The first kappa shape index (κ1) is 12.6. The van der Waals surface area contributed by atoms with Gasteiger partial charge >= 0.3 is 0 Å². The molecular weight excluding hydrogens is 270 g/mol. The Morgan fingerprint density at radius 1 is 1.05 bits per heavy atom. The van der Waals surface area contributed by atoms with Crippen molar-refractivity contribution >= 4 is 44.0 Å². The van der Waals surface area contributed by atoms with Gasteiger partial charge in [0, 0.05) is 18.3 Å². The lowest BCUT2D eigenvalue weighted by atomic mass is 10.3. The van der Waals surface area contributed by atoms with Crippen molar-refractivity contribution < 1.29 is 4.79 Å². The molecule has 1 heterocycles. The van der Waals surface area contributed by atoms with Crippen LogP contribution >= 0.6 is 11.3 Å². The van der Waals surface area contributed by atoms with Crippen LogP contribution in [0.1, 0.15) is 6.92 Å². The average molecular weight is 283 g/mol. The molecule has 0 saturated carbocycles. The Kier molecular flexibility index (Phi) is 3.35. The summed E-state index contributed by atoms with van der Waals surface area (Å²) in [6.45, 7) is 1.49. The molecule has 0 radical (unpaired) electrons. The number of thiazole rings is 1. The highest BCUT2D eigenvalue weighted by Gasteiger charge is 2.03. The van der Waals surface area contributed by atoms with Crippen LogP contribution in [0.15, 0.2) is 48.5 Å². The highest BCUT2D eigenvalue weighted by molar-refractivity contribution is 7.22. The highest BCUT2D eigenvalue weighted by atomic mass is 32.1. The van der Waals surface area contributed by atoms with Crippen LogP contribution in [-0.4, -0.2) is 10.9 Å². The molecule has 3 aromatic rings. The Bertz CT molecular complexity index is 716. The van der Waals surface area contributed by atoms with Gasteiger partial charge in [0.05, 0.1) is 10.2 Å². The molecule has 1 aromatic heterocycles. The summed E-state index contributed by atoms with van der Waals surface area (Å²) in [4.78, 5) is 15.5. The molecule has 0 atom stereocenters. The SMILES string of the molecule is CC(=O)Nc1ccc(Nc2nc3ccccc3s2)cc1. The van der Waals surface area contributed by atoms with Gasteiger partial charge in [0.1, 0.15) is 0 Å². The molecule has 1 amide bonds. The average Bonchev–Trinajstić information content (AvgIpc) is 2.82. The van der Waals surface area contributed by atoms with Crippen molar-refractivity contribution in [3.8, 4) is 0 Å². The van der Waals surface area contributed by atoms with E-state index in [1.165, 1.54) is 6.92 Å². The molecule has 5 heteroatoms. The predicted molar refractivity (Wildman–Crippen MR) is 83.6 cm³/mol. The van der Waals surface area contributed by atoms with Crippen molar-refractivity contribution in [3.63, 3.8) is 0 Å². The van der Waals surface area contributed by atoms with E-state index in [0.29, 0.717) is 0 Å². The highest BCUT2D eigenvalue weighted by Crippen LogP contribution is 2.28. The summed E-state index contributed by atoms with van der Waals surface area (Å²) in [5, 5.41) is 6.87. The van der Waals surface area contributed by atoms with Gasteiger partial charge in [-0.25, -0.2) is 4.98 Å². The van der Waals surface area contributed by atoms with E-state index < -0.39 is 0 Å². The monoisotopic (exact) mass is 283 g/mol. The van der Waals surface area contributed by atoms with Gasteiger partial charge in [-0.1, -0.05) is 23.5 Å². The summed E-state index contributed by atoms with van der Waals surface area (Å²) in [5.41, 5.74) is 2.72. The van der Waals surface area contributed by atoms with E-state index in [9.17, 15) is 4.79 Å². The zero-order valence-corrected chi connectivity index (χ0v) is 11.7. The smallest absolute Gasteiger partial charge is 0.221 e. The lowest BCUT2D eigenvalue weighted by molar-refractivity contribution is -0.114. The Labute approximate surface area is 120 Å². The van der Waals surface area contributed by atoms with Crippen molar-refractivity contribution in [3.05, 3.63) is 48.5 Å². The van der Waals surface area contributed by atoms with Gasteiger partial charge in [-0.2, -0.15) is 0 Å². The third-order valence-electron chi connectivity index (χ3n) is 2.75. The first-order valence-electron chi connectivity index (χ1n) is 6.21. The van der Waals surface area contributed by atoms with Gasteiger partial charge in [0.2, 0.25) is 5.91 Å². The minimum Gasteiger partial charge on any atom is -0.332 e. The number of amides is 1. The minimum absolute atomic E-state index is 0.0723. The second-order valence-corrected chi connectivity index (χ2v) is 5.40. The summed E-state index contributed by atoms with van der Waals surface area (Å²) < 4.78 is 1.16. The zero-order chi connectivity index (χ0) is 13.9. The van der Waals surface area contributed by atoms with Crippen molar-refractivity contribution in [2.45, 2.75) is 6.92 Å². The summed E-state index contributed by atoms with van der Waals surface area (Å²) >= 11 is 1.61. The van der Waals surface area contributed by atoms with Gasteiger partial charge in [0.15, 0.2) is 5.13 Å². The maximum atomic E-state index is 11.0. The quantitative estimate of drug-likeness (QED) is 0.764. The molecule has 0 bridgehead atoms. The van der Waals surface area contributed by atoms with E-state index in [0.717, 1.165) is 26.7 Å². The van der Waals surface area contributed by atoms with Gasteiger partial charge in [-0.3, -0.25) is 4.79 Å². The van der Waals surface area contributed by atoms with Crippen LogP contribution in [0.5, 0.6) is 0 Å². The summed E-state index contributed by atoms with van der Waals surface area (Å²) in [6, 6.07) is 15.6. The van der Waals surface area contributed by atoms with Crippen LogP contribution in [0, 0.1) is 0 Å². The van der Waals surface area contributed by atoms with Crippen LogP contribution in [0.3, 0.4) is 0 Å². The fourth-order valence-electron chi connectivity index (χ4n) is 1.89. The second kappa shape index (κ2) is 5.30. The fourth-order valence-corrected chi connectivity index (χ4v) is 2.78. The molecule has 20 heavy (non-hydrogen) atoms. The molecule has 0 fully saturated rings. The summed E-state index contributed by atoms with van der Waals surface area (Å²) in [5.74, 6) is -0.0723. The number of carbonyl (C=O) groups is 1. The Hall–Kier alpha value is -2.40. The molecule has 0 saturated heterocycles. The molecular formula is C15H13N3OS. The summed E-state index contributed by atoms with van der Waals surface area (Å²) in [7, 11) is 0. The number of nitrogens with one attached hydrogen (secondary N) is 2. The number of hydrogen-bond donors (Lipinski definition) is 2. The van der Waals surface area contributed by atoms with E-state index in [1.807, 2.05) is 42.5 Å². The minimum atomic E-state index is -0.0723. The number of anilines is 3. The van der Waals surface area contributed by atoms with E-state index in [1.54, 1.807) is 11.3 Å². The van der Waals surface area contributed by atoms with Gasteiger partial charge in [0.25, 0.3) is 0 Å². The molecule has 0 aliphatic heterocycles. The standard InChI is InChI=1S/C15H13N3OS/c1-10(19)16-11-6-8-12(9-7-11)17-15-18-13-4-2-3-5-14(13)20-15/h2-9H,1H3,(H,16,19)(H,17,18). The number of carbonyl (C=O) groups excluding carboxylic acids is 1. The van der Waals surface area contributed by atoms with E-state index in [2.05, 4.69) is 21.7 Å². The van der Waals surface area contributed by atoms with Crippen LogP contribution in [-0.2, 0) is 4.79 Å². The third-order valence-corrected chi connectivity index (χ3v) is 3.70. The van der Waals surface area contributed by atoms with Gasteiger partial charge in [-0.05, 0) is 36.4 Å². The Morgan fingerprint density at radius 2 is 1.75 bits per heavy atom. The molecule has 2 N–H and O–H groups in total. The van der Waals surface area contributed by atoms with E-state index in [4.69, 9.17) is 0 Å². The normalized spacial score (nSPS) is 10.4. The zero-order valence-electron chi connectivity index (χ0n) is 10.9. The van der Waals surface area contributed by atoms with Crippen LogP contribution in [0.4, 0.5) is 16.5 Å². The lowest BCUT2D eigenvalue weighted by Crippen LogP contribution is -2.05. The van der Waals surface area contributed by atoms with Gasteiger partial charge in [-0.15, -0.1) is 0 Å². The van der Waals surface area contributed by atoms with Crippen molar-refractivity contribution in [1.29, 1.82) is 0 Å². The number of nitrogens with zero attached hydrogens (tertiary/aromatic N) is 1. The van der Waals surface area contributed by atoms with Crippen molar-refractivity contribution in [1.82, 2.24) is 4.98 Å². The van der Waals surface area contributed by atoms with E-state index >= 15 is 0 Å². The fraction of sp³-hybridized carbons (Fsp3) is 0.0667. The molecule has 2 aromatic carbocycles. The van der Waals surface area contributed by atoms with Crippen LogP contribution in [0.2, 0.25) is 0 Å². The number of hydrogen-bond acceptors (Lipinski definition) is 4. The van der Waals surface area contributed by atoms with Crippen molar-refractivity contribution in [2.75, 3.05) is 10.6 Å². The number of benzene rings is 2. The number of fused-ring (bicyclic) bond motifs is 1. The molecule has 0 aliphatic rings. The maximum absolute atomic E-state index is 11.0. The largest absolute Gasteiger partial charge is 0.332 e. The Balaban J connectivity index is 1.78.